The van der Waals surface area contributed by atoms with E-state index in [1.165, 1.54) is 0 Å². The summed E-state index contributed by atoms with van der Waals surface area (Å²) < 4.78 is 40.5. The highest BCUT2D eigenvalue weighted by atomic mass is 19.4. The van der Waals surface area contributed by atoms with Gasteiger partial charge in [-0.25, -0.2) is 4.68 Å². The van der Waals surface area contributed by atoms with E-state index in [1.807, 2.05) is 30.3 Å². The second kappa shape index (κ2) is 5.87. The zero-order valence-corrected chi connectivity index (χ0v) is 13.8. The normalized spacial score (nSPS) is 20.1. The molecule has 0 spiro atoms. The minimum Gasteiger partial charge on any atom is -0.373 e. The molecule has 0 fully saturated rings. The Bertz CT molecular complexity index is 784. The van der Waals surface area contributed by atoms with E-state index in [4.69, 9.17) is 0 Å². The number of benzene rings is 1. The van der Waals surface area contributed by atoms with Crippen LogP contribution in [0.25, 0.3) is 5.69 Å². The molecule has 0 saturated carbocycles. The van der Waals surface area contributed by atoms with E-state index in [-0.39, 0.29) is 19.0 Å². The fourth-order valence-electron chi connectivity index (χ4n) is 2.94. The topological polar surface area (TPSA) is 58.4 Å². The third-order valence-corrected chi connectivity index (χ3v) is 4.42. The lowest BCUT2D eigenvalue weighted by Gasteiger charge is -2.35. The lowest BCUT2D eigenvalue weighted by atomic mass is 9.96. The Morgan fingerprint density at radius 2 is 1.92 bits per heavy atom. The van der Waals surface area contributed by atoms with Crippen LogP contribution in [0.5, 0.6) is 0 Å². The average Bonchev–Trinajstić information content (AvgIpc) is 2.98. The van der Waals surface area contributed by atoms with E-state index in [0.29, 0.717) is 12.5 Å². The van der Waals surface area contributed by atoms with Crippen molar-refractivity contribution in [2.45, 2.75) is 38.1 Å². The molecule has 2 atom stereocenters. The largest absolute Gasteiger partial charge is 0.426 e. The number of hydrogen-bond acceptors (Lipinski definition) is 3. The molecular weight excluding hydrogens is 335 g/mol. The van der Waals surface area contributed by atoms with Crippen molar-refractivity contribution in [2.75, 3.05) is 6.54 Å². The number of carbonyl (C=O) groups is 1. The molecule has 134 valence electrons. The highest BCUT2D eigenvalue weighted by molar-refractivity contribution is 5.85. The summed E-state index contributed by atoms with van der Waals surface area (Å²) in [6, 6.07) is 9.31. The Morgan fingerprint density at radius 3 is 2.52 bits per heavy atom. The van der Waals surface area contributed by atoms with Crippen LogP contribution >= 0.6 is 0 Å². The third kappa shape index (κ3) is 3.02. The van der Waals surface area contributed by atoms with Gasteiger partial charge in [0.25, 0.3) is 5.91 Å². The van der Waals surface area contributed by atoms with Crippen LogP contribution < -0.4 is 0 Å². The number of hydrogen-bond donors (Lipinski definition) is 1. The van der Waals surface area contributed by atoms with E-state index in [9.17, 15) is 23.1 Å². The fourth-order valence-corrected chi connectivity index (χ4v) is 2.94. The van der Waals surface area contributed by atoms with Gasteiger partial charge in [-0.1, -0.05) is 25.1 Å². The first-order valence-corrected chi connectivity index (χ1v) is 7.83. The number of para-hydroxylation sites is 1. The minimum absolute atomic E-state index is 0.0163. The molecule has 1 aromatic heterocycles. The van der Waals surface area contributed by atoms with Gasteiger partial charge in [0.1, 0.15) is 0 Å². The number of rotatable bonds is 2. The lowest BCUT2D eigenvalue weighted by Crippen LogP contribution is -2.57. The van der Waals surface area contributed by atoms with Gasteiger partial charge in [-0.3, -0.25) is 4.79 Å². The maximum Gasteiger partial charge on any atom is 0.426 e. The first-order valence-electron chi connectivity index (χ1n) is 7.83. The first-order chi connectivity index (χ1) is 11.6. The van der Waals surface area contributed by atoms with Gasteiger partial charge in [0.2, 0.25) is 5.60 Å². The van der Waals surface area contributed by atoms with E-state index >= 15 is 0 Å². The SMILES string of the molecule is CC1CN(C(=O)C(C)(O)C(F)(F)F)Cc2cn(-c3ccccc3)nc21. The molecule has 1 aliphatic rings. The molecule has 8 heteroatoms. The monoisotopic (exact) mass is 353 g/mol. The zero-order chi connectivity index (χ0) is 18.4. The summed E-state index contributed by atoms with van der Waals surface area (Å²) in [6.45, 7) is 2.34. The predicted octanol–water partition coefficient (Wildman–Crippen LogP) is 2.63. The number of halogens is 3. The maximum atomic E-state index is 12.9. The van der Waals surface area contributed by atoms with Gasteiger partial charge in [-0.05, 0) is 19.1 Å². The lowest BCUT2D eigenvalue weighted by molar-refractivity contribution is -0.250. The fraction of sp³-hybridized carbons (Fsp3) is 0.412. The number of carbonyl (C=O) groups excluding carboxylic acids is 1. The number of alkyl halides is 3. The molecule has 2 unspecified atom stereocenters. The van der Waals surface area contributed by atoms with Gasteiger partial charge in [-0.15, -0.1) is 0 Å². The van der Waals surface area contributed by atoms with Crippen LogP contribution in [0.3, 0.4) is 0 Å². The van der Waals surface area contributed by atoms with Crippen LogP contribution in [0.4, 0.5) is 13.2 Å². The molecule has 1 aromatic carbocycles. The Balaban J connectivity index is 1.89. The van der Waals surface area contributed by atoms with Gasteiger partial charge in [0.15, 0.2) is 0 Å². The van der Waals surface area contributed by atoms with E-state index in [1.54, 1.807) is 17.8 Å². The molecule has 25 heavy (non-hydrogen) atoms. The Morgan fingerprint density at radius 1 is 1.28 bits per heavy atom. The zero-order valence-electron chi connectivity index (χ0n) is 13.8. The average molecular weight is 353 g/mol. The summed E-state index contributed by atoms with van der Waals surface area (Å²) in [5, 5.41) is 14.2. The molecule has 5 nitrogen and oxygen atoms in total. The molecule has 1 amide bonds. The van der Waals surface area contributed by atoms with Crippen LogP contribution in [0, 0.1) is 0 Å². The van der Waals surface area contributed by atoms with E-state index < -0.39 is 17.7 Å². The van der Waals surface area contributed by atoms with Gasteiger partial charge in [-0.2, -0.15) is 18.3 Å². The summed E-state index contributed by atoms with van der Waals surface area (Å²) in [5.74, 6) is -1.58. The Labute approximate surface area is 142 Å². The molecule has 2 aromatic rings. The van der Waals surface area contributed by atoms with Crippen LogP contribution in [0.2, 0.25) is 0 Å². The van der Waals surface area contributed by atoms with Crippen LogP contribution in [-0.4, -0.2) is 44.0 Å². The van der Waals surface area contributed by atoms with Crippen molar-refractivity contribution in [1.82, 2.24) is 14.7 Å². The smallest absolute Gasteiger partial charge is 0.373 e. The van der Waals surface area contributed by atoms with Crippen molar-refractivity contribution < 1.29 is 23.1 Å². The molecule has 3 rings (SSSR count). The maximum absolute atomic E-state index is 12.9. The third-order valence-electron chi connectivity index (χ3n) is 4.42. The minimum atomic E-state index is -5.03. The molecule has 1 aliphatic heterocycles. The van der Waals surface area contributed by atoms with Crippen molar-refractivity contribution in [2.24, 2.45) is 0 Å². The molecule has 1 N–H and O–H groups in total. The second-order valence-electron chi connectivity index (χ2n) is 6.48. The predicted molar refractivity (Wildman–Crippen MR) is 84.1 cm³/mol. The van der Waals surface area contributed by atoms with E-state index in [2.05, 4.69) is 5.10 Å². The van der Waals surface area contributed by atoms with Gasteiger partial charge in [0.05, 0.1) is 11.4 Å². The summed E-state index contributed by atoms with van der Waals surface area (Å²) in [7, 11) is 0. The van der Waals surface area contributed by atoms with Crippen LogP contribution in [0.15, 0.2) is 36.5 Å². The molecule has 0 bridgehead atoms. The van der Waals surface area contributed by atoms with Crippen LogP contribution in [0.1, 0.15) is 31.0 Å². The highest BCUT2D eigenvalue weighted by Crippen LogP contribution is 2.35. The van der Waals surface area contributed by atoms with Gasteiger partial charge >= 0.3 is 6.18 Å². The van der Waals surface area contributed by atoms with Gasteiger partial charge < -0.3 is 10.0 Å². The quantitative estimate of drug-likeness (QED) is 0.903. The summed E-state index contributed by atoms with van der Waals surface area (Å²) >= 11 is 0. The number of amides is 1. The Kier molecular flexibility index (Phi) is 4.10. The highest BCUT2D eigenvalue weighted by Gasteiger charge is 2.57. The second-order valence-corrected chi connectivity index (χ2v) is 6.48. The molecular formula is C17H18F3N3O2. The summed E-state index contributed by atoms with van der Waals surface area (Å²) in [5.41, 5.74) is -1.16. The van der Waals surface area contributed by atoms with E-state index in [0.717, 1.165) is 16.3 Å². The van der Waals surface area contributed by atoms with Crippen molar-refractivity contribution in [3.63, 3.8) is 0 Å². The van der Waals surface area contributed by atoms with Crippen molar-refractivity contribution in [3.05, 3.63) is 47.8 Å². The molecule has 0 saturated heterocycles. The number of fused-ring (bicyclic) bond motifs is 1. The molecule has 0 aliphatic carbocycles. The summed E-state index contributed by atoms with van der Waals surface area (Å²) in [6.07, 6.45) is -3.31. The van der Waals surface area contributed by atoms with Gasteiger partial charge in [0, 0.05) is 30.8 Å². The Hall–Kier alpha value is -2.35. The van der Waals surface area contributed by atoms with Crippen molar-refractivity contribution in [3.8, 4) is 5.69 Å². The molecule has 0 radical (unpaired) electrons. The number of nitrogens with zero attached hydrogens (tertiary/aromatic N) is 3. The van der Waals surface area contributed by atoms with Crippen molar-refractivity contribution >= 4 is 5.91 Å². The standard InChI is InChI=1S/C17H18F3N3O2/c1-11-8-22(15(24)16(2,25)17(18,19)20)9-12-10-23(21-14(11)12)13-6-4-3-5-7-13/h3-7,10-11,25H,8-9H2,1-2H3. The van der Waals surface area contributed by atoms with Crippen LogP contribution in [-0.2, 0) is 11.3 Å². The number of aromatic nitrogens is 2. The first kappa shape index (κ1) is 17.5. The summed E-state index contributed by atoms with van der Waals surface area (Å²) in [4.78, 5) is 13.3. The van der Waals surface area contributed by atoms with Crippen molar-refractivity contribution in [1.29, 1.82) is 0 Å². The number of aliphatic hydroxyl groups is 1. The molecule has 2 heterocycles.